The molecule has 0 N–H and O–H groups in total. The average Bonchev–Trinajstić information content (AvgIpc) is 3.12. The summed E-state index contributed by atoms with van der Waals surface area (Å²) in [6.45, 7) is 1.28. The number of methoxy groups -OCH3 is 2. The molecule has 1 aliphatic heterocycles. The average molecular weight is 426 g/mol. The summed E-state index contributed by atoms with van der Waals surface area (Å²) in [6.07, 6.45) is 1.48. The van der Waals surface area contributed by atoms with Gasteiger partial charge in [-0.2, -0.15) is 0 Å². The fraction of sp³-hybridized carbons (Fsp3) is 0.190. The molecule has 1 aliphatic rings. The Kier molecular flexibility index (Phi) is 6.29. The van der Waals surface area contributed by atoms with E-state index >= 15 is 0 Å². The van der Waals surface area contributed by atoms with E-state index in [1.54, 1.807) is 31.2 Å². The lowest BCUT2D eigenvalue weighted by atomic mass is 10.1. The first kappa shape index (κ1) is 21.5. The lowest BCUT2D eigenvalue weighted by molar-refractivity contribution is -0.385. The lowest BCUT2D eigenvalue weighted by Gasteiger charge is -2.10. The Morgan fingerprint density at radius 1 is 1.23 bits per heavy atom. The monoisotopic (exact) mass is 426 g/mol. The Labute approximate surface area is 176 Å². The predicted molar refractivity (Wildman–Crippen MR) is 109 cm³/mol. The smallest absolute Gasteiger partial charge is 0.363 e. The van der Waals surface area contributed by atoms with Crippen molar-refractivity contribution < 1.29 is 33.5 Å². The van der Waals surface area contributed by atoms with Gasteiger partial charge in [-0.15, -0.1) is 0 Å². The molecule has 1 heterocycles. The zero-order valence-electron chi connectivity index (χ0n) is 16.9. The van der Waals surface area contributed by atoms with Crippen LogP contribution in [0.25, 0.3) is 6.08 Å². The Morgan fingerprint density at radius 2 is 2.00 bits per heavy atom. The van der Waals surface area contributed by atoms with E-state index in [-0.39, 0.29) is 23.9 Å². The molecule has 0 saturated heterocycles. The highest BCUT2D eigenvalue weighted by Crippen LogP contribution is 2.30. The van der Waals surface area contributed by atoms with Gasteiger partial charge in [-0.05, 0) is 36.8 Å². The minimum absolute atomic E-state index is 0.0116. The molecule has 2 aromatic carbocycles. The van der Waals surface area contributed by atoms with Crippen molar-refractivity contribution >= 4 is 29.6 Å². The second kappa shape index (κ2) is 9.08. The molecule has 10 heteroatoms. The van der Waals surface area contributed by atoms with E-state index in [9.17, 15) is 19.7 Å². The van der Waals surface area contributed by atoms with Crippen molar-refractivity contribution in [2.24, 2.45) is 4.99 Å². The number of rotatable bonds is 7. The summed E-state index contributed by atoms with van der Waals surface area (Å²) in [5.41, 5.74) is 1.19. The molecule has 0 aliphatic carbocycles. The number of carbonyl (C=O) groups excluding carboxylic acids is 2. The molecule has 0 saturated carbocycles. The number of esters is 2. The largest absolute Gasteiger partial charge is 0.493 e. The Balaban J connectivity index is 1.89. The van der Waals surface area contributed by atoms with Crippen molar-refractivity contribution in [1.82, 2.24) is 0 Å². The summed E-state index contributed by atoms with van der Waals surface area (Å²) < 4.78 is 20.4. The van der Waals surface area contributed by atoms with Crippen LogP contribution < -0.4 is 9.47 Å². The van der Waals surface area contributed by atoms with Gasteiger partial charge in [-0.25, -0.2) is 14.6 Å². The minimum atomic E-state index is -0.689. The van der Waals surface area contributed by atoms with Gasteiger partial charge in [0.25, 0.3) is 5.69 Å². The topological polar surface area (TPSA) is 127 Å². The lowest BCUT2D eigenvalue weighted by Crippen LogP contribution is -2.12. The van der Waals surface area contributed by atoms with Gasteiger partial charge >= 0.3 is 11.9 Å². The van der Waals surface area contributed by atoms with E-state index in [2.05, 4.69) is 9.73 Å². The summed E-state index contributed by atoms with van der Waals surface area (Å²) in [4.78, 5) is 38.4. The Bertz CT molecular complexity index is 1120. The normalized spacial score (nSPS) is 14.1. The first-order valence-corrected chi connectivity index (χ1v) is 8.98. The molecule has 0 aromatic heterocycles. The number of cyclic esters (lactones) is 1. The SMILES string of the molecule is COC(=O)COc1ccc(/C=C2\N=C(c3cccc([N+](=O)[O-])c3C)OC2=O)cc1OC. The molecule has 0 spiro atoms. The molecule has 160 valence electrons. The summed E-state index contributed by atoms with van der Waals surface area (Å²) in [6, 6.07) is 9.26. The molecule has 10 nitrogen and oxygen atoms in total. The van der Waals surface area contributed by atoms with E-state index in [1.165, 1.54) is 32.4 Å². The van der Waals surface area contributed by atoms with Crippen LogP contribution >= 0.6 is 0 Å². The third-order valence-corrected chi connectivity index (χ3v) is 4.42. The van der Waals surface area contributed by atoms with Crippen LogP contribution in [0.1, 0.15) is 16.7 Å². The number of nitro benzene ring substituents is 1. The van der Waals surface area contributed by atoms with Gasteiger partial charge < -0.3 is 18.9 Å². The Morgan fingerprint density at radius 3 is 2.68 bits per heavy atom. The third kappa shape index (κ3) is 4.69. The molecule has 0 bridgehead atoms. The van der Waals surface area contributed by atoms with Gasteiger partial charge in [-0.1, -0.05) is 12.1 Å². The van der Waals surface area contributed by atoms with Crippen molar-refractivity contribution in [2.45, 2.75) is 6.92 Å². The molecule has 2 aromatic rings. The first-order valence-electron chi connectivity index (χ1n) is 8.98. The van der Waals surface area contributed by atoms with Gasteiger partial charge in [0.15, 0.2) is 23.8 Å². The van der Waals surface area contributed by atoms with Gasteiger partial charge in [0.05, 0.1) is 19.1 Å². The van der Waals surface area contributed by atoms with Crippen molar-refractivity contribution in [3.8, 4) is 11.5 Å². The molecular weight excluding hydrogens is 408 g/mol. The van der Waals surface area contributed by atoms with Crippen molar-refractivity contribution in [3.05, 3.63) is 68.9 Å². The van der Waals surface area contributed by atoms with Crippen LogP contribution in [0.4, 0.5) is 5.69 Å². The molecule has 0 fully saturated rings. The van der Waals surface area contributed by atoms with Crippen LogP contribution in [0.5, 0.6) is 11.5 Å². The molecule has 0 unspecified atom stereocenters. The third-order valence-electron chi connectivity index (χ3n) is 4.42. The van der Waals surface area contributed by atoms with Gasteiger partial charge in [0.2, 0.25) is 5.90 Å². The molecule has 0 radical (unpaired) electrons. The maximum Gasteiger partial charge on any atom is 0.363 e. The summed E-state index contributed by atoms with van der Waals surface area (Å²) in [5.74, 6) is -0.586. The fourth-order valence-electron chi connectivity index (χ4n) is 2.82. The fourth-order valence-corrected chi connectivity index (χ4v) is 2.82. The number of nitro groups is 1. The number of ether oxygens (including phenoxy) is 4. The van der Waals surface area contributed by atoms with Gasteiger partial charge in [-0.3, -0.25) is 10.1 Å². The molecular formula is C21H18N2O8. The molecule has 0 atom stereocenters. The van der Waals surface area contributed by atoms with Crippen LogP contribution in [-0.2, 0) is 19.1 Å². The van der Waals surface area contributed by atoms with E-state index < -0.39 is 16.9 Å². The van der Waals surface area contributed by atoms with E-state index in [4.69, 9.17) is 14.2 Å². The zero-order chi connectivity index (χ0) is 22.5. The van der Waals surface area contributed by atoms with Crippen LogP contribution in [0.3, 0.4) is 0 Å². The van der Waals surface area contributed by atoms with Crippen molar-refractivity contribution in [1.29, 1.82) is 0 Å². The quantitative estimate of drug-likeness (QED) is 0.286. The van der Waals surface area contributed by atoms with Crippen LogP contribution in [0.15, 0.2) is 47.1 Å². The van der Waals surface area contributed by atoms with Crippen molar-refractivity contribution in [3.63, 3.8) is 0 Å². The number of hydrogen-bond donors (Lipinski definition) is 0. The van der Waals surface area contributed by atoms with Crippen LogP contribution in [0.2, 0.25) is 0 Å². The van der Waals surface area contributed by atoms with Gasteiger partial charge in [0.1, 0.15) is 0 Å². The van der Waals surface area contributed by atoms with Crippen molar-refractivity contribution in [2.75, 3.05) is 20.8 Å². The van der Waals surface area contributed by atoms with E-state index in [0.717, 1.165) is 0 Å². The second-order valence-corrected chi connectivity index (χ2v) is 6.32. The first-order chi connectivity index (χ1) is 14.8. The Hall–Kier alpha value is -4.21. The number of carbonyl (C=O) groups is 2. The summed E-state index contributed by atoms with van der Waals surface area (Å²) in [5, 5.41) is 11.1. The van der Waals surface area contributed by atoms with Gasteiger partial charge in [0, 0.05) is 17.2 Å². The number of nitrogens with zero attached hydrogens (tertiary/aromatic N) is 2. The summed E-state index contributed by atoms with van der Waals surface area (Å²) in [7, 11) is 2.69. The zero-order valence-corrected chi connectivity index (χ0v) is 16.9. The highest BCUT2D eigenvalue weighted by molar-refractivity contribution is 6.13. The highest BCUT2D eigenvalue weighted by atomic mass is 16.6. The van der Waals surface area contributed by atoms with E-state index in [0.29, 0.717) is 28.2 Å². The molecule has 31 heavy (non-hydrogen) atoms. The number of aliphatic imine (C=N–C) groups is 1. The second-order valence-electron chi connectivity index (χ2n) is 6.32. The standard InChI is InChI=1S/C21H18N2O8/c1-12-14(5-4-6-16(12)23(26)27)20-22-15(21(25)31-20)9-13-7-8-17(18(10-13)28-2)30-11-19(24)29-3/h4-10H,11H2,1-3H3/b15-9-. The summed E-state index contributed by atoms with van der Waals surface area (Å²) >= 11 is 0. The van der Waals surface area contributed by atoms with Crippen LogP contribution in [0, 0.1) is 17.0 Å². The highest BCUT2D eigenvalue weighted by Gasteiger charge is 2.27. The maximum atomic E-state index is 12.3. The van der Waals surface area contributed by atoms with Crippen LogP contribution in [-0.4, -0.2) is 43.6 Å². The maximum absolute atomic E-state index is 12.3. The molecule has 3 rings (SSSR count). The number of hydrogen-bond acceptors (Lipinski definition) is 9. The molecule has 0 amide bonds. The van der Waals surface area contributed by atoms with E-state index in [1.807, 2.05) is 0 Å². The predicted octanol–water partition coefficient (Wildman–Crippen LogP) is 2.81. The number of benzene rings is 2. The minimum Gasteiger partial charge on any atom is -0.493 e.